The van der Waals surface area contributed by atoms with E-state index < -0.39 is 0 Å². The molecule has 0 radical (unpaired) electrons. The third kappa shape index (κ3) is 2.22. The Morgan fingerprint density at radius 3 is 2.44 bits per heavy atom. The Labute approximate surface area is 104 Å². The molecule has 2 aromatic heterocycles. The number of rotatable bonds is 3. The number of hydrogen-bond donors (Lipinski definition) is 1. The molecule has 18 heavy (non-hydrogen) atoms. The van der Waals surface area contributed by atoms with Crippen LogP contribution in [0.5, 0.6) is 11.5 Å². The fourth-order valence-electron chi connectivity index (χ4n) is 1.62. The van der Waals surface area contributed by atoms with Gasteiger partial charge in [-0.05, 0) is 30.3 Å². The predicted molar refractivity (Wildman–Crippen MR) is 68.3 cm³/mol. The van der Waals surface area contributed by atoms with E-state index in [0.717, 1.165) is 17.1 Å². The van der Waals surface area contributed by atoms with E-state index >= 15 is 0 Å². The summed E-state index contributed by atoms with van der Waals surface area (Å²) in [6, 6.07) is 15.3. The summed E-state index contributed by atoms with van der Waals surface area (Å²) in [6.07, 6.45) is 3.40. The highest BCUT2D eigenvalue weighted by Gasteiger charge is 2.01. The van der Waals surface area contributed by atoms with Crippen molar-refractivity contribution in [3.8, 4) is 22.9 Å². The number of pyridine rings is 1. The largest absolute Gasteiger partial charge is 0.456 e. The number of nitrogens with zero attached hydrogens (tertiary/aromatic N) is 2. The van der Waals surface area contributed by atoms with Crippen LogP contribution in [0.2, 0.25) is 0 Å². The van der Waals surface area contributed by atoms with Crippen LogP contribution >= 0.6 is 0 Å². The molecule has 3 rings (SSSR count). The second-order valence-corrected chi connectivity index (χ2v) is 3.76. The summed E-state index contributed by atoms with van der Waals surface area (Å²) >= 11 is 0. The molecule has 3 aromatic rings. The first kappa shape index (κ1) is 10.5. The molecule has 0 spiro atoms. The molecule has 0 saturated heterocycles. The molecular weight excluding hydrogens is 226 g/mol. The molecule has 88 valence electrons. The van der Waals surface area contributed by atoms with Gasteiger partial charge in [0.1, 0.15) is 11.5 Å². The highest BCUT2D eigenvalue weighted by atomic mass is 16.5. The standard InChI is InChI=1S/C14H11N3O/c1-2-4-11(5-3-1)18-12-6-7-13(15-10-12)14-8-9-16-17-14/h1-10H,(H,16,17). The van der Waals surface area contributed by atoms with Gasteiger partial charge in [-0.25, -0.2) is 0 Å². The van der Waals surface area contributed by atoms with Crippen LogP contribution in [0.25, 0.3) is 11.4 Å². The summed E-state index contributed by atoms with van der Waals surface area (Å²) in [5, 5.41) is 6.76. The van der Waals surface area contributed by atoms with Gasteiger partial charge in [0, 0.05) is 6.20 Å². The van der Waals surface area contributed by atoms with Gasteiger partial charge >= 0.3 is 0 Å². The average Bonchev–Trinajstić information content (AvgIpc) is 2.95. The predicted octanol–water partition coefficient (Wildman–Crippen LogP) is 3.26. The summed E-state index contributed by atoms with van der Waals surface area (Å²) < 4.78 is 5.66. The second kappa shape index (κ2) is 4.71. The van der Waals surface area contributed by atoms with Gasteiger partial charge in [-0.15, -0.1) is 0 Å². The van der Waals surface area contributed by atoms with Gasteiger partial charge in [-0.3, -0.25) is 10.1 Å². The zero-order valence-electron chi connectivity index (χ0n) is 9.58. The molecule has 0 amide bonds. The summed E-state index contributed by atoms with van der Waals surface area (Å²) in [7, 11) is 0. The molecule has 0 aliphatic carbocycles. The summed E-state index contributed by atoms with van der Waals surface area (Å²) in [5.74, 6) is 1.51. The first-order valence-electron chi connectivity index (χ1n) is 5.60. The van der Waals surface area contributed by atoms with Crippen molar-refractivity contribution in [3.05, 3.63) is 60.9 Å². The van der Waals surface area contributed by atoms with Crippen molar-refractivity contribution in [2.75, 3.05) is 0 Å². The van der Waals surface area contributed by atoms with E-state index in [4.69, 9.17) is 4.74 Å². The van der Waals surface area contributed by atoms with Crippen LogP contribution in [0.4, 0.5) is 0 Å². The summed E-state index contributed by atoms with van der Waals surface area (Å²) in [4.78, 5) is 4.32. The number of H-pyrrole nitrogens is 1. The van der Waals surface area contributed by atoms with E-state index in [0.29, 0.717) is 5.75 Å². The number of nitrogens with one attached hydrogen (secondary N) is 1. The van der Waals surface area contributed by atoms with E-state index in [2.05, 4.69) is 15.2 Å². The van der Waals surface area contributed by atoms with Crippen LogP contribution in [0.15, 0.2) is 60.9 Å². The Bertz CT molecular complexity index is 603. The molecule has 4 heteroatoms. The first-order valence-corrected chi connectivity index (χ1v) is 5.60. The lowest BCUT2D eigenvalue weighted by atomic mass is 10.3. The van der Waals surface area contributed by atoms with Gasteiger partial charge in [0.15, 0.2) is 0 Å². The van der Waals surface area contributed by atoms with Gasteiger partial charge in [0.2, 0.25) is 0 Å². The van der Waals surface area contributed by atoms with Gasteiger partial charge in [-0.1, -0.05) is 18.2 Å². The molecular formula is C14H11N3O. The maximum absolute atomic E-state index is 5.66. The fraction of sp³-hybridized carbons (Fsp3) is 0. The van der Waals surface area contributed by atoms with Crippen LogP contribution in [0.1, 0.15) is 0 Å². The maximum Gasteiger partial charge on any atom is 0.145 e. The van der Waals surface area contributed by atoms with Gasteiger partial charge < -0.3 is 4.74 Å². The normalized spacial score (nSPS) is 10.2. The van der Waals surface area contributed by atoms with Crippen molar-refractivity contribution in [2.45, 2.75) is 0 Å². The minimum absolute atomic E-state index is 0.712. The summed E-state index contributed by atoms with van der Waals surface area (Å²) in [6.45, 7) is 0. The lowest BCUT2D eigenvalue weighted by Crippen LogP contribution is -1.87. The lowest BCUT2D eigenvalue weighted by molar-refractivity contribution is 0.480. The molecule has 2 heterocycles. The zero-order chi connectivity index (χ0) is 12.2. The number of para-hydroxylation sites is 1. The number of aromatic nitrogens is 3. The van der Waals surface area contributed by atoms with Crippen LogP contribution in [0, 0.1) is 0 Å². The Morgan fingerprint density at radius 1 is 0.889 bits per heavy atom. The summed E-state index contributed by atoms with van der Waals surface area (Å²) in [5.41, 5.74) is 1.73. The highest BCUT2D eigenvalue weighted by Crippen LogP contribution is 2.22. The number of hydrogen-bond acceptors (Lipinski definition) is 3. The lowest BCUT2D eigenvalue weighted by Gasteiger charge is -2.05. The molecule has 4 nitrogen and oxygen atoms in total. The molecule has 0 fully saturated rings. The Kier molecular flexibility index (Phi) is 2.75. The van der Waals surface area contributed by atoms with E-state index in [1.807, 2.05) is 48.5 Å². The maximum atomic E-state index is 5.66. The van der Waals surface area contributed by atoms with E-state index in [1.54, 1.807) is 12.4 Å². The van der Waals surface area contributed by atoms with E-state index in [1.165, 1.54) is 0 Å². The molecule has 1 N–H and O–H groups in total. The molecule has 1 aromatic carbocycles. The molecule has 0 saturated carbocycles. The Hall–Kier alpha value is -2.62. The van der Waals surface area contributed by atoms with Crippen molar-refractivity contribution in [3.63, 3.8) is 0 Å². The monoisotopic (exact) mass is 237 g/mol. The second-order valence-electron chi connectivity index (χ2n) is 3.76. The molecule has 0 aliphatic heterocycles. The van der Waals surface area contributed by atoms with Gasteiger partial charge in [-0.2, -0.15) is 5.10 Å². The Morgan fingerprint density at radius 2 is 1.78 bits per heavy atom. The van der Waals surface area contributed by atoms with Crippen LogP contribution in [0.3, 0.4) is 0 Å². The molecule has 0 unspecified atom stereocenters. The smallest absolute Gasteiger partial charge is 0.145 e. The molecule has 0 aliphatic rings. The van der Waals surface area contributed by atoms with Crippen LogP contribution in [-0.4, -0.2) is 15.2 Å². The van der Waals surface area contributed by atoms with Crippen molar-refractivity contribution < 1.29 is 4.74 Å². The number of benzene rings is 1. The zero-order valence-corrected chi connectivity index (χ0v) is 9.58. The van der Waals surface area contributed by atoms with Crippen molar-refractivity contribution in [1.82, 2.24) is 15.2 Å². The van der Waals surface area contributed by atoms with E-state index in [9.17, 15) is 0 Å². The third-order valence-corrected chi connectivity index (χ3v) is 2.49. The third-order valence-electron chi connectivity index (χ3n) is 2.49. The van der Waals surface area contributed by atoms with Crippen molar-refractivity contribution >= 4 is 0 Å². The minimum atomic E-state index is 0.712. The van der Waals surface area contributed by atoms with E-state index in [-0.39, 0.29) is 0 Å². The van der Waals surface area contributed by atoms with Gasteiger partial charge in [0.25, 0.3) is 0 Å². The highest BCUT2D eigenvalue weighted by molar-refractivity contribution is 5.53. The first-order chi connectivity index (χ1) is 8.92. The number of ether oxygens (including phenoxy) is 1. The van der Waals surface area contributed by atoms with Crippen molar-refractivity contribution in [1.29, 1.82) is 0 Å². The van der Waals surface area contributed by atoms with Gasteiger partial charge in [0.05, 0.1) is 17.6 Å². The van der Waals surface area contributed by atoms with Crippen molar-refractivity contribution in [2.24, 2.45) is 0 Å². The molecule has 0 atom stereocenters. The fourth-order valence-corrected chi connectivity index (χ4v) is 1.62. The molecule has 0 bridgehead atoms. The Balaban J connectivity index is 1.80. The average molecular weight is 237 g/mol. The van der Waals surface area contributed by atoms with Crippen LogP contribution < -0.4 is 4.74 Å². The topological polar surface area (TPSA) is 50.8 Å². The minimum Gasteiger partial charge on any atom is -0.456 e. The van der Waals surface area contributed by atoms with Crippen LogP contribution in [-0.2, 0) is 0 Å². The quantitative estimate of drug-likeness (QED) is 0.760. The number of aromatic amines is 1. The SMILES string of the molecule is c1ccc(Oc2ccc(-c3ccn[nH]3)nc2)cc1.